The lowest BCUT2D eigenvalue weighted by Gasteiger charge is -2.33. The van der Waals surface area contributed by atoms with Crippen molar-refractivity contribution in [1.82, 2.24) is 19.9 Å². The number of likely N-dealkylation sites (N-methyl/N-ethyl adjacent to an activating group) is 1. The summed E-state index contributed by atoms with van der Waals surface area (Å²) in [6.45, 7) is 9.98. The molecule has 0 saturated carbocycles. The van der Waals surface area contributed by atoms with Gasteiger partial charge in [0.2, 0.25) is 0 Å². The molecular weight excluding hydrogens is 384 g/mol. The maximum absolute atomic E-state index is 12.9. The van der Waals surface area contributed by atoms with E-state index in [2.05, 4.69) is 37.1 Å². The van der Waals surface area contributed by atoms with Crippen LogP contribution in [-0.2, 0) is 6.42 Å². The third kappa shape index (κ3) is 3.95. The first kappa shape index (κ1) is 19.7. The minimum absolute atomic E-state index is 0.128. The lowest BCUT2D eigenvalue weighted by molar-refractivity contribution is 0.103. The molecule has 0 aromatic carbocycles. The van der Waals surface area contributed by atoms with E-state index in [0.29, 0.717) is 10.6 Å². The molecule has 0 bridgehead atoms. The number of piperazine rings is 1. The van der Waals surface area contributed by atoms with Crippen molar-refractivity contribution in [2.24, 2.45) is 0 Å². The molecule has 0 aliphatic carbocycles. The molecule has 1 aliphatic heterocycles. The number of aromatic nitrogens is 3. The van der Waals surface area contributed by atoms with Crippen LogP contribution in [-0.4, -0.2) is 59.0 Å². The Bertz CT molecular complexity index is 1040. The number of amides is 1. The van der Waals surface area contributed by atoms with E-state index in [0.717, 1.165) is 65.7 Å². The summed E-state index contributed by atoms with van der Waals surface area (Å²) >= 11 is 1.42. The molecule has 0 atom stereocenters. The molecule has 4 heterocycles. The van der Waals surface area contributed by atoms with Crippen LogP contribution in [0.25, 0.3) is 10.2 Å². The van der Waals surface area contributed by atoms with Gasteiger partial charge >= 0.3 is 0 Å². The van der Waals surface area contributed by atoms with E-state index in [1.54, 1.807) is 6.20 Å². The predicted molar refractivity (Wildman–Crippen MR) is 118 cm³/mol. The molecule has 0 unspecified atom stereocenters. The fourth-order valence-corrected chi connectivity index (χ4v) is 4.79. The van der Waals surface area contributed by atoms with Gasteiger partial charge in [-0.05, 0) is 38.6 Å². The first-order valence-corrected chi connectivity index (χ1v) is 10.8. The summed E-state index contributed by atoms with van der Waals surface area (Å²) in [5.41, 5.74) is 2.56. The fourth-order valence-electron chi connectivity index (χ4n) is 3.64. The highest BCUT2D eigenvalue weighted by atomic mass is 32.1. The Morgan fingerprint density at radius 3 is 2.59 bits per heavy atom. The topological polar surface area (TPSA) is 74.2 Å². The van der Waals surface area contributed by atoms with E-state index in [4.69, 9.17) is 0 Å². The number of aryl methyl sites for hydroxylation is 3. The molecule has 1 N–H and O–H groups in total. The Balaban J connectivity index is 1.52. The molecule has 29 heavy (non-hydrogen) atoms. The normalized spacial score (nSPS) is 15.1. The Labute approximate surface area is 174 Å². The zero-order valence-electron chi connectivity index (χ0n) is 17.3. The summed E-state index contributed by atoms with van der Waals surface area (Å²) in [5.74, 6) is 1.64. The standard InChI is InChI=1S/C21H26N6OS/c1-5-16-23-14(3)18-13(2)19(29-21(18)25-16)20(28)24-15-6-7-17(22-12-15)27-10-8-26(4)9-11-27/h6-7,12H,5,8-11H2,1-4H3,(H,24,28). The van der Waals surface area contributed by atoms with Crippen LogP contribution in [0.4, 0.5) is 11.5 Å². The molecule has 0 spiro atoms. The van der Waals surface area contributed by atoms with E-state index < -0.39 is 0 Å². The van der Waals surface area contributed by atoms with Gasteiger partial charge in [0.15, 0.2) is 0 Å². The van der Waals surface area contributed by atoms with Crippen molar-refractivity contribution in [3.63, 3.8) is 0 Å². The highest BCUT2D eigenvalue weighted by Gasteiger charge is 2.20. The van der Waals surface area contributed by atoms with Crippen molar-refractivity contribution in [2.75, 3.05) is 43.4 Å². The van der Waals surface area contributed by atoms with Gasteiger partial charge in [-0.25, -0.2) is 15.0 Å². The first-order valence-electron chi connectivity index (χ1n) is 9.93. The lowest BCUT2D eigenvalue weighted by Crippen LogP contribution is -2.44. The lowest BCUT2D eigenvalue weighted by atomic mass is 10.1. The molecule has 1 saturated heterocycles. The maximum atomic E-state index is 12.9. The number of nitrogens with one attached hydrogen (secondary N) is 1. The van der Waals surface area contributed by atoms with Crippen LogP contribution in [0.15, 0.2) is 18.3 Å². The van der Waals surface area contributed by atoms with Gasteiger partial charge in [0.25, 0.3) is 5.91 Å². The second kappa shape index (κ2) is 8.04. The van der Waals surface area contributed by atoms with Gasteiger partial charge < -0.3 is 15.1 Å². The second-order valence-corrected chi connectivity index (χ2v) is 8.46. The van der Waals surface area contributed by atoms with Crippen LogP contribution in [0, 0.1) is 13.8 Å². The molecule has 4 rings (SSSR count). The van der Waals surface area contributed by atoms with E-state index >= 15 is 0 Å². The molecule has 1 aliphatic rings. The van der Waals surface area contributed by atoms with Gasteiger partial charge in [0.1, 0.15) is 16.5 Å². The van der Waals surface area contributed by atoms with Crippen molar-refractivity contribution in [2.45, 2.75) is 27.2 Å². The predicted octanol–water partition coefficient (Wildman–Crippen LogP) is 3.27. The average molecular weight is 411 g/mol. The van der Waals surface area contributed by atoms with Gasteiger partial charge in [-0.2, -0.15) is 0 Å². The Morgan fingerprint density at radius 1 is 1.17 bits per heavy atom. The molecule has 7 nitrogen and oxygen atoms in total. The zero-order chi connectivity index (χ0) is 20.5. The maximum Gasteiger partial charge on any atom is 0.266 e. The largest absolute Gasteiger partial charge is 0.354 e. The van der Waals surface area contributed by atoms with Gasteiger partial charge in [0.05, 0.1) is 16.8 Å². The van der Waals surface area contributed by atoms with Gasteiger partial charge in [0, 0.05) is 43.7 Å². The number of thiophene rings is 1. The number of pyridine rings is 1. The van der Waals surface area contributed by atoms with Gasteiger partial charge in [-0.1, -0.05) is 6.92 Å². The van der Waals surface area contributed by atoms with Crippen LogP contribution in [0.5, 0.6) is 0 Å². The van der Waals surface area contributed by atoms with Crippen LogP contribution in [0.2, 0.25) is 0 Å². The van der Waals surface area contributed by atoms with Crippen molar-refractivity contribution in [1.29, 1.82) is 0 Å². The fraction of sp³-hybridized carbons (Fsp3) is 0.429. The summed E-state index contributed by atoms with van der Waals surface area (Å²) in [4.78, 5) is 32.7. The Hall–Kier alpha value is -2.58. The van der Waals surface area contributed by atoms with Crippen LogP contribution >= 0.6 is 11.3 Å². The number of rotatable bonds is 4. The molecule has 152 valence electrons. The number of fused-ring (bicyclic) bond motifs is 1. The molecule has 3 aromatic heterocycles. The Kier molecular flexibility index (Phi) is 5.47. The monoisotopic (exact) mass is 410 g/mol. The number of carbonyl (C=O) groups excluding carboxylic acids is 1. The number of anilines is 2. The molecule has 3 aromatic rings. The van der Waals surface area contributed by atoms with E-state index in [9.17, 15) is 4.79 Å². The molecular formula is C21H26N6OS. The number of carbonyl (C=O) groups is 1. The van der Waals surface area contributed by atoms with Crippen LogP contribution < -0.4 is 10.2 Å². The second-order valence-electron chi connectivity index (χ2n) is 7.46. The smallest absolute Gasteiger partial charge is 0.266 e. The van der Waals surface area contributed by atoms with Crippen molar-refractivity contribution < 1.29 is 4.79 Å². The van der Waals surface area contributed by atoms with E-state index in [1.807, 2.05) is 32.9 Å². The minimum atomic E-state index is -0.128. The summed E-state index contributed by atoms with van der Waals surface area (Å²) in [7, 11) is 2.13. The average Bonchev–Trinajstić information content (AvgIpc) is 3.06. The first-order chi connectivity index (χ1) is 14.0. The molecule has 8 heteroatoms. The molecule has 0 radical (unpaired) electrons. The number of hydrogen-bond donors (Lipinski definition) is 1. The van der Waals surface area contributed by atoms with Crippen molar-refractivity contribution in [3.8, 4) is 0 Å². The summed E-state index contributed by atoms with van der Waals surface area (Å²) in [6, 6.07) is 3.89. The van der Waals surface area contributed by atoms with Crippen molar-refractivity contribution in [3.05, 3.63) is 40.3 Å². The molecule has 1 fully saturated rings. The summed E-state index contributed by atoms with van der Waals surface area (Å²) < 4.78 is 0. The van der Waals surface area contributed by atoms with Crippen LogP contribution in [0.1, 0.15) is 33.7 Å². The summed E-state index contributed by atoms with van der Waals surface area (Å²) in [6.07, 6.45) is 2.51. The minimum Gasteiger partial charge on any atom is -0.354 e. The third-order valence-corrected chi connectivity index (χ3v) is 6.56. The number of hydrogen-bond acceptors (Lipinski definition) is 7. The highest BCUT2D eigenvalue weighted by Crippen LogP contribution is 2.32. The zero-order valence-corrected chi connectivity index (χ0v) is 18.1. The molecule has 1 amide bonds. The van der Waals surface area contributed by atoms with Crippen LogP contribution in [0.3, 0.4) is 0 Å². The quantitative estimate of drug-likeness (QED) is 0.712. The SMILES string of the molecule is CCc1nc(C)c2c(C)c(C(=O)Nc3ccc(N4CCN(C)CC4)nc3)sc2n1. The summed E-state index contributed by atoms with van der Waals surface area (Å²) in [5, 5.41) is 3.97. The number of nitrogens with zero attached hydrogens (tertiary/aromatic N) is 5. The van der Waals surface area contributed by atoms with E-state index in [1.165, 1.54) is 11.3 Å². The Morgan fingerprint density at radius 2 is 1.93 bits per heavy atom. The highest BCUT2D eigenvalue weighted by molar-refractivity contribution is 7.20. The van der Waals surface area contributed by atoms with Gasteiger partial charge in [-0.3, -0.25) is 4.79 Å². The van der Waals surface area contributed by atoms with Gasteiger partial charge in [-0.15, -0.1) is 11.3 Å². The van der Waals surface area contributed by atoms with Crippen molar-refractivity contribution >= 4 is 39.0 Å². The third-order valence-electron chi connectivity index (χ3n) is 5.37. The van der Waals surface area contributed by atoms with E-state index in [-0.39, 0.29) is 5.91 Å².